The van der Waals surface area contributed by atoms with E-state index in [1.165, 1.54) is 17.3 Å². The molecule has 3 aliphatic carbocycles. The first kappa shape index (κ1) is 33.6. The van der Waals surface area contributed by atoms with Crippen LogP contribution in [0.25, 0.3) is 0 Å². The number of carbonyl (C=O) groups is 2. The highest BCUT2D eigenvalue weighted by Gasteiger charge is 2.61. The average molecular weight is 613 g/mol. The first-order valence-corrected chi connectivity index (χ1v) is 17.5. The van der Waals surface area contributed by atoms with Gasteiger partial charge < -0.3 is 20.1 Å². The van der Waals surface area contributed by atoms with E-state index < -0.39 is 23.9 Å². The van der Waals surface area contributed by atoms with Gasteiger partial charge in [-0.25, -0.2) is 4.79 Å². The third-order valence-corrected chi connectivity index (χ3v) is 11.4. The van der Waals surface area contributed by atoms with Gasteiger partial charge in [-0.1, -0.05) is 59.1 Å². The standard InChI is InChI=1S/C36H52O6S/c1-8-9-10-11-24-15-28(38)32(26-14-20(4)12-13-25(26)21(5)19(2)3)29(16-24)42-18-43-17-27-22(6)30-31(23(7)37)35(39)34(30)33(27)36(40)41/h14-16,19,21-23,25-26,30-31,34,37-38H,8-13,17-18H2,1-7H3,(H,40,41)/t21-,22-,23+,25-,26+,30?,31+,34?/m0/s1. The lowest BCUT2D eigenvalue weighted by atomic mass is 9.59. The molecule has 2 unspecified atom stereocenters. The fraction of sp³-hybridized carbons (Fsp3) is 0.667. The summed E-state index contributed by atoms with van der Waals surface area (Å²) in [5, 5.41) is 31.7. The van der Waals surface area contributed by atoms with Crippen molar-refractivity contribution in [3.63, 3.8) is 0 Å². The van der Waals surface area contributed by atoms with Gasteiger partial charge in [0, 0.05) is 28.7 Å². The maximum absolute atomic E-state index is 12.8. The fourth-order valence-electron chi connectivity index (χ4n) is 7.90. The van der Waals surface area contributed by atoms with Crippen LogP contribution in [0.2, 0.25) is 0 Å². The number of benzene rings is 1. The predicted molar refractivity (Wildman–Crippen MR) is 173 cm³/mol. The van der Waals surface area contributed by atoms with Crippen LogP contribution < -0.4 is 4.74 Å². The molecule has 0 saturated heterocycles. The minimum Gasteiger partial charge on any atom is -0.507 e. The van der Waals surface area contributed by atoms with Crippen LogP contribution in [0.15, 0.2) is 34.9 Å². The third kappa shape index (κ3) is 6.88. The molecule has 43 heavy (non-hydrogen) atoms. The molecule has 1 fully saturated rings. The Kier molecular flexibility index (Phi) is 11.1. The first-order valence-electron chi connectivity index (χ1n) is 16.3. The molecule has 0 amide bonds. The number of phenols is 1. The number of aliphatic hydroxyl groups excluding tert-OH is 1. The molecule has 8 atom stereocenters. The summed E-state index contributed by atoms with van der Waals surface area (Å²) in [5.74, 6) is 0.679. The van der Waals surface area contributed by atoms with Gasteiger partial charge in [-0.3, -0.25) is 4.79 Å². The quantitative estimate of drug-likeness (QED) is 0.112. The number of unbranched alkanes of at least 4 members (excludes halogenated alkanes) is 2. The summed E-state index contributed by atoms with van der Waals surface area (Å²) in [6, 6.07) is 4.03. The third-order valence-electron chi connectivity index (χ3n) is 10.6. The molecule has 0 radical (unpaired) electrons. The summed E-state index contributed by atoms with van der Waals surface area (Å²) in [4.78, 5) is 25.0. The Morgan fingerprint density at radius 2 is 1.88 bits per heavy atom. The van der Waals surface area contributed by atoms with Crippen LogP contribution in [-0.4, -0.2) is 44.9 Å². The predicted octanol–water partition coefficient (Wildman–Crippen LogP) is 7.77. The minimum atomic E-state index is -1.04. The van der Waals surface area contributed by atoms with Crippen molar-refractivity contribution in [3.05, 3.63) is 46.1 Å². The van der Waals surface area contributed by atoms with Crippen molar-refractivity contribution in [3.8, 4) is 11.5 Å². The number of Topliss-reactive ketones (excluding diaryl/α,β-unsaturated/α-hetero) is 1. The van der Waals surface area contributed by atoms with Gasteiger partial charge in [-0.2, -0.15) is 0 Å². The molecule has 0 heterocycles. The van der Waals surface area contributed by atoms with Gasteiger partial charge in [-0.05, 0) is 92.4 Å². The zero-order valence-corrected chi connectivity index (χ0v) is 27.9. The molecule has 238 valence electrons. The monoisotopic (exact) mass is 612 g/mol. The molecule has 0 aromatic heterocycles. The fourth-order valence-corrected chi connectivity index (χ4v) is 8.83. The molecule has 4 rings (SSSR count). The second-order valence-corrected chi connectivity index (χ2v) is 14.6. The number of carboxylic acid groups (broad SMARTS) is 1. The molecular weight excluding hydrogens is 560 g/mol. The maximum Gasteiger partial charge on any atom is 0.332 e. The summed E-state index contributed by atoms with van der Waals surface area (Å²) < 4.78 is 6.48. The van der Waals surface area contributed by atoms with E-state index in [0.29, 0.717) is 40.9 Å². The van der Waals surface area contributed by atoms with E-state index in [9.17, 15) is 24.9 Å². The molecular formula is C36H52O6S. The summed E-state index contributed by atoms with van der Waals surface area (Å²) in [6.45, 7) is 14.8. The number of phenolic OH excluding ortho intramolecular Hbond substituents is 1. The van der Waals surface area contributed by atoms with Gasteiger partial charge in [0.15, 0.2) is 0 Å². The van der Waals surface area contributed by atoms with Crippen LogP contribution in [0, 0.1) is 41.4 Å². The lowest BCUT2D eigenvalue weighted by Crippen LogP contribution is -2.53. The normalized spacial score (nSPS) is 28.4. The number of fused-ring (bicyclic) bond motifs is 1. The van der Waals surface area contributed by atoms with Crippen LogP contribution in [0.5, 0.6) is 11.5 Å². The van der Waals surface area contributed by atoms with Crippen molar-refractivity contribution >= 4 is 23.5 Å². The van der Waals surface area contributed by atoms with Crippen molar-refractivity contribution in [1.29, 1.82) is 0 Å². The summed E-state index contributed by atoms with van der Waals surface area (Å²) in [6.07, 6.45) is 7.89. The molecule has 3 aliphatic rings. The van der Waals surface area contributed by atoms with E-state index in [1.54, 1.807) is 6.92 Å². The van der Waals surface area contributed by atoms with Gasteiger partial charge in [0.25, 0.3) is 0 Å². The van der Waals surface area contributed by atoms with Crippen molar-refractivity contribution in [1.82, 2.24) is 0 Å². The van der Waals surface area contributed by atoms with Gasteiger partial charge in [0.05, 0.1) is 12.0 Å². The minimum absolute atomic E-state index is 0.0612. The van der Waals surface area contributed by atoms with Gasteiger partial charge >= 0.3 is 5.97 Å². The van der Waals surface area contributed by atoms with Crippen molar-refractivity contribution in [2.45, 2.75) is 99.0 Å². The highest BCUT2D eigenvalue weighted by atomic mass is 32.2. The Bertz CT molecular complexity index is 1250. The number of aromatic hydroxyl groups is 1. The summed E-state index contributed by atoms with van der Waals surface area (Å²) in [5.41, 5.74) is 4.27. The van der Waals surface area contributed by atoms with E-state index in [0.717, 1.165) is 55.2 Å². The van der Waals surface area contributed by atoms with Crippen LogP contribution in [0.4, 0.5) is 0 Å². The Morgan fingerprint density at radius 1 is 1.16 bits per heavy atom. The molecule has 1 saturated carbocycles. The molecule has 6 nitrogen and oxygen atoms in total. The van der Waals surface area contributed by atoms with E-state index >= 15 is 0 Å². The number of hydrogen-bond donors (Lipinski definition) is 3. The number of carboxylic acids is 1. The van der Waals surface area contributed by atoms with Gasteiger partial charge in [-0.15, -0.1) is 11.8 Å². The van der Waals surface area contributed by atoms with Crippen LogP contribution in [0.3, 0.4) is 0 Å². The molecule has 1 aromatic carbocycles. The lowest BCUT2D eigenvalue weighted by Gasteiger charge is -2.43. The smallest absolute Gasteiger partial charge is 0.332 e. The number of aliphatic carboxylic acids is 1. The van der Waals surface area contributed by atoms with Crippen LogP contribution in [0.1, 0.15) is 97.6 Å². The second kappa shape index (κ2) is 14.2. The Balaban J connectivity index is 1.58. The molecule has 1 aromatic rings. The van der Waals surface area contributed by atoms with Gasteiger partial charge in [0.1, 0.15) is 23.2 Å². The number of ketones is 1. The number of aliphatic hydroxyl groups is 1. The first-order chi connectivity index (χ1) is 20.4. The van der Waals surface area contributed by atoms with E-state index in [4.69, 9.17) is 4.74 Å². The topological polar surface area (TPSA) is 104 Å². The maximum atomic E-state index is 12.8. The molecule has 3 N–H and O–H groups in total. The van der Waals surface area contributed by atoms with Crippen LogP contribution in [-0.2, 0) is 16.0 Å². The van der Waals surface area contributed by atoms with Crippen LogP contribution >= 0.6 is 11.8 Å². The van der Waals surface area contributed by atoms with Crippen molar-refractivity contribution in [2.24, 2.45) is 41.4 Å². The molecule has 0 bridgehead atoms. The zero-order valence-electron chi connectivity index (χ0n) is 27.1. The zero-order chi connectivity index (χ0) is 31.6. The molecule has 0 spiro atoms. The highest BCUT2D eigenvalue weighted by Crippen LogP contribution is 2.56. The largest absolute Gasteiger partial charge is 0.507 e. The number of thioether (sulfide) groups is 1. The highest BCUT2D eigenvalue weighted by molar-refractivity contribution is 7.99. The van der Waals surface area contributed by atoms with E-state index in [2.05, 4.69) is 46.8 Å². The van der Waals surface area contributed by atoms with Gasteiger partial charge in [0.2, 0.25) is 0 Å². The Labute approximate surface area is 262 Å². The number of hydrogen-bond acceptors (Lipinski definition) is 6. The number of carbonyl (C=O) groups excluding carboxylic acids is 1. The Hall–Kier alpha value is -2.25. The van der Waals surface area contributed by atoms with Crippen molar-refractivity contribution in [2.75, 3.05) is 11.7 Å². The molecule has 0 aliphatic heterocycles. The average Bonchev–Trinajstić information content (AvgIpc) is 3.18. The summed E-state index contributed by atoms with van der Waals surface area (Å²) in [7, 11) is 0. The lowest BCUT2D eigenvalue weighted by molar-refractivity contribution is -0.151. The van der Waals surface area contributed by atoms with Crippen molar-refractivity contribution < 1.29 is 29.6 Å². The van der Waals surface area contributed by atoms with E-state index in [-0.39, 0.29) is 29.1 Å². The molecule has 7 heteroatoms. The summed E-state index contributed by atoms with van der Waals surface area (Å²) >= 11 is 1.50. The number of aryl methyl sites for hydroxylation is 1. The SMILES string of the molecule is CCCCCc1cc(O)c([C@@H]2C=C(C)CC[C@H]2[C@@H](C)C(C)C)c(OCSCC2=C(C(=O)O)C3C(=O)[C@H]([C@@H](C)O)C3[C@H]2C)c1. The Morgan fingerprint density at radius 3 is 2.51 bits per heavy atom. The second-order valence-electron chi connectivity index (χ2n) is 13.7. The van der Waals surface area contributed by atoms with E-state index in [1.807, 2.05) is 13.0 Å². The number of ether oxygens (including phenoxy) is 1. The number of allylic oxidation sites excluding steroid dienone is 2. The number of rotatable bonds is 14.